The van der Waals surface area contributed by atoms with E-state index in [1.165, 1.54) is 11.1 Å². The lowest BCUT2D eigenvalue weighted by Crippen LogP contribution is -2.32. The Bertz CT molecular complexity index is 673. The molecule has 5 heteroatoms. The zero-order chi connectivity index (χ0) is 16.3. The quantitative estimate of drug-likeness (QED) is 0.919. The number of carbonyl (C=O) groups is 1. The Kier molecular flexibility index (Phi) is 4.98. The molecule has 0 aliphatic heterocycles. The summed E-state index contributed by atoms with van der Waals surface area (Å²) in [7, 11) is 5.76. The second kappa shape index (κ2) is 6.75. The van der Waals surface area contributed by atoms with Crippen molar-refractivity contribution in [1.29, 1.82) is 0 Å². The largest absolute Gasteiger partial charge is 0.349 e. The first-order valence-corrected chi connectivity index (χ1v) is 7.43. The van der Waals surface area contributed by atoms with Gasteiger partial charge in [0.15, 0.2) is 0 Å². The first kappa shape index (κ1) is 16.2. The summed E-state index contributed by atoms with van der Waals surface area (Å²) in [5.41, 5.74) is 4.91. The summed E-state index contributed by atoms with van der Waals surface area (Å²) >= 11 is 0. The van der Waals surface area contributed by atoms with Gasteiger partial charge in [-0.2, -0.15) is 5.10 Å². The van der Waals surface area contributed by atoms with Crippen molar-refractivity contribution in [2.24, 2.45) is 7.05 Å². The van der Waals surface area contributed by atoms with Crippen LogP contribution in [0.2, 0.25) is 0 Å². The number of hydrogen-bond acceptors (Lipinski definition) is 3. The van der Waals surface area contributed by atoms with Crippen molar-refractivity contribution in [3.05, 3.63) is 41.1 Å². The van der Waals surface area contributed by atoms with Gasteiger partial charge in [-0.15, -0.1) is 0 Å². The van der Waals surface area contributed by atoms with E-state index in [4.69, 9.17) is 0 Å². The van der Waals surface area contributed by atoms with Crippen LogP contribution in [0.3, 0.4) is 0 Å². The maximum absolute atomic E-state index is 12.2. The lowest BCUT2D eigenvalue weighted by molar-refractivity contribution is 0.0941. The molecule has 0 unspecified atom stereocenters. The molecule has 1 amide bonds. The van der Waals surface area contributed by atoms with Gasteiger partial charge in [0.2, 0.25) is 0 Å². The van der Waals surface area contributed by atoms with Gasteiger partial charge in [-0.25, -0.2) is 0 Å². The van der Waals surface area contributed by atoms with Crippen molar-refractivity contribution in [3.63, 3.8) is 0 Å². The molecular weight excluding hydrogens is 276 g/mol. The van der Waals surface area contributed by atoms with Gasteiger partial charge in [0.25, 0.3) is 5.91 Å². The van der Waals surface area contributed by atoms with Crippen LogP contribution < -0.4 is 5.32 Å². The summed E-state index contributed by atoms with van der Waals surface area (Å²) in [6.45, 7) is 5.60. The van der Waals surface area contributed by atoms with E-state index in [1.54, 1.807) is 11.7 Å². The molecule has 0 spiro atoms. The summed E-state index contributed by atoms with van der Waals surface area (Å²) in [5.74, 6) is -0.0908. The minimum absolute atomic E-state index is 0.0908. The van der Waals surface area contributed by atoms with Gasteiger partial charge in [-0.1, -0.05) is 12.1 Å². The Labute approximate surface area is 131 Å². The average molecular weight is 300 g/mol. The third-order valence-electron chi connectivity index (χ3n) is 3.76. The maximum atomic E-state index is 12.2. The molecule has 0 saturated heterocycles. The van der Waals surface area contributed by atoms with Gasteiger partial charge >= 0.3 is 0 Å². The highest BCUT2D eigenvalue weighted by Crippen LogP contribution is 2.21. The summed E-state index contributed by atoms with van der Waals surface area (Å²) < 4.78 is 1.63. The molecular formula is C17H24N4O. The molecule has 1 aromatic heterocycles. The number of nitrogens with one attached hydrogen (secondary N) is 1. The molecule has 0 aliphatic rings. The van der Waals surface area contributed by atoms with Gasteiger partial charge in [0, 0.05) is 25.7 Å². The zero-order valence-electron chi connectivity index (χ0n) is 14.0. The van der Waals surface area contributed by atoms with Crippen molar-refractivity contribution < 1.29 is 4.79 Å². The van der Waals surface area contributed by atoms with E-state index in [0.29, 0.717) is 12.2 Å². The lowest BCUT2D eigenvalue weighted by Gasteiger charge is -2.10. The van der Waals surface area contributed by atoms with Gasteiger partial charge < -0.3 is 10.2 Å². The van der Waals surface area contributed by atoms with E-state index in [9.17, 15) is 4.79 Å². The van der Waals surface area contributed by atoms with Crippen molar-refractivity contribution in [2.75, 3.05) is 27.2 Å². The monoisotopic (exact) mass is 300 g/mol. The number of hydrogen-bond donors (Lipinski definition) is 1. The minimum Gasteiger partial charge on any atom is -0.349 e. The van der Waals surface area contributed by atoms with Crippen LogP contribution in [-0.4, -0.2) is 47.8 Å². The number of amides is 1. The van der Waals surface area contributed by atoms with Gasteiger partial charge in [-0.05, 0) is 51.2 Å². The minimum atomic E-state index is -0.0908. The fourth-order valence-corrected chi connectivity index (χ4v) is 2.21. The fraction of sp³-hybridized carbons (Fsp3) is 0.412. The molecule has 1 aromatic carbocycles. The molecule has 0 saturated carbocycles. The van der Waals surface area contributed by atoms with Crippen molar-refractivity contribution in [1.82, 2.24) is 20.0 Å². The maximum Gasteiger partial charge on any atom is 0.269 e. The first-order valence-electron chi connectivity index (χ1n) is 7.43. The predicted octanol–water partition coefficient (Wildman–Crippen LogP) is 2.00. The van der Waals surface area contributed by atoms with Crippen LogP contribution in [0.15, 0.2) is 24.3 Å². The van der Waals surface area contributed by atoms with Crippen molar-refractivity contribution >= 4 is 5.91 Å². The third-order valence-corrected chi connectivity index (χ3v) is 3.76. The summed E-state index contributed by atoms with van der Waals surface area (Å²) in [6, 6.07) is 8.06. The molecule has 0 radical (unpaired) electrons. The highest BCUT2D eigenvalue weighted by atomic mass is 16.2. The lowest BCUT2D eigenvalue weighted by atomic mass is 10.0. The number of aromatic nitrogens is 2. The van der Waals surface area contributed by atoms with Crippen LogP contribution in [0.1, 0.15) is 21.6 Å². The molecule has 1 N–H and O–H groups in total. The van der Waals surface area contributed by atoms with Crippen LogP contribution >= 0.6 is 0 Å². The standard InChI is InChI=1S/C17H24N4O/c1-12-6-7-14(10-13(12)2)15-11-16(21(5)19-15)17(22)18-8-9-20(3)4/h6-7,10-11H,8-9H2,1-5H3,(H,18,22). The molecule has 0 bridgehead atoms. The van der Waals surface area contributed by atoms with E-state index in [1.807, 2.05) is 31.1 Å². The normalized spacial score (nSPS) is 11.0. The molecule has 0 atom stereocenters. The van der Waals surface area contributed by atoms with Crippen LogP contribution in [-0.2, 0) is 7.05 Å². The molecule has 0 fully saturated rings. The Morgan fingerprint density at radius 2 is 1.95 bits per heavy atom. The average Bonchev–Trinajstić information content (AvgIpc) is 2.83. The van der Waals surface area contributed by atoms with Gasteiger partial charge in [-0.3, -0.25) is 9.48 Å². The topological polar surface area (TPSA) is 50.2 Å². The zero-order valence-corrected chi connectivity index (χ0v) is 14.0. The number of rotatable bonds is 5. The molecule has 1 heterocycles. The first-order chi connectivity index (χ1) is 10.4. The van der Waals surface area contributed by atoms with Crippen LogP contribution in [0.5, 0.6) is 0 Å². The smallest absolute Gasteiger partial charge is 0.269 e. The highest BCUT2D eigenvalue weighted by molar-refractivity contribution is 5.93. The van der Waals surface area contributed by atoms with Crippen molar-refractivity contribution in [2.45, 2.75) is 13.8 Å². The molecule has 0 aliphatic carbocycles. The van der Waals surface area contributed by atoms with E-state index in [2.05, 4.69) is 36.4 Å². The summed E-state index contributed by atoms with van der Waals surface area (Å²) in [4.78, 5) is 14.3. The van der Waals surface area contributed by atoms with Crippen molar-refractivity contribution in [3.8, 4) is 11.3 Å². The molecule has 2 rings (SSSR count). The number of nitrogens with zero attached hydrogens (tertiary/aromatic N) is 3. The Hall–Kier alpha value is -2.14. The number of benzene rings is 1. The van der Waals surface area contributed by atoms with Crippen LogP contribution in [0, 0.1) is 13.8 Å². The summed E-state index contributed by atoms with van der Waals surface area (Å²) in [6.07, 6.45) is 0. The number of aryl methyl sites for hydroxylation is 3. The van der Waals surface area contributed by atoms with E-state index in [0.717, 1.165) is 17.8 Å². The molecule has 2 aromatic rings. The molecule has 118 valence electrons. The fourth-order valence-electron chi connectivity index (χ4n) is 2.21. The Morgan fingerprint density at radius 1 is 1.23 bits per heavy atom. The van der Waals surface area contributed by atoms with Gasteiger partial charge in [0.1, 0.15) is 5.69 Å². The second-order valence-electron chi connectivity index (χ2n) is 5.90. The van der Waals surface area contributed by atoms with E-state index >= 15 is 0 Å². The number of carbonyl (C=O) groups excluding carboxylic acids is 1. The SMILES string of the molecule is Cc1ccc(-c2cc(C(=O)NCCN(C)C)n(C)n2)cc1C. The van der Waals surface area contributed by atoms with Crippen LogP contribution in [0.4, 0.5) is 0 Å². The molecule has 22 heavy (non-hydrogen) atoms. The second-order valence-corrected chi connectivity index (χ2v) is 5.90. The van der Waals surface area contributed by atoms with Gasteiger partial charge in [0.05, 0.1) is 5.69 Å². The predicted molar refractivity (Wildman–Crippen MR) is 89.0 cm³/mol. The molecule has 5 nitrogen and oxygen atoms in total. The Balaban J connectivity index is 2.17. The van der Waals surface area contributed by atoms with E-state index < -0.39 is 0 Å². The van der Waals surface area contributed by atoms with Crippen LogP contribution in [0.25, 0.3) is 11.3 Å². The summed E-state index contributed by atoms with van der Waals surface area (Å²) in [5, 5.41) is 7.38. The Morgan fingerprint density at radius 3 is 2.59 bits per heavy atom. The third kappa shape index (κ3) is 3.74. The number of likely N-dealkylation sites (N-methyl/N-ethyl adjacent to an activating group) is 1. The highest BCUT2D eigenvalue weighted by Gasteiger charge is 2.14. The van der Waals surface area contributed by atoms with E-state index in [-0.39, 0.29) is 5.91 Å².